The third-order valence-electron chi connectivity index (χ3n) is 11.5. The van der Waals surface area contributed by atoms with Crippen LogP contribution in [0.1, 0.15) is 101 Å². The van der Waals surface area contributed by atoms with Gasteiger partial charge in [-0.25, -0.2) is 0 Å². The molecule has 3 aliphatic heterocycles. The Labute approximate surface area is 293 Å². The van der Waals surface area contributed by atoms with Crippen molar-refractivity contribution in [2.24, 2.45) is 23.7 Å². The van der Waals surface area contributed by atoms with Gasteiger partial charge in [0.05, 0.1) is 47.6 Å². The molecule has 3 aliphatic rings. The van der Waals surface area contributed by atoms with Crippen LogP contribution in [0.25, 0.3) is 0 Å². The molecule has 288 valence electrons. The van der Waals surface area contributed by atoms with E-state index in [1.165, 1.54) is 14.0 Å². The normalized spacial score (nSPS) is 51.1. The van der Waals surface area contributed by atoms with Gasteiger partial charge in [-0.1, -0.05) is 27.7 Å². The van der Waals surface area contributed by atoms with Crippen LogP contribution in [0.2, 0.25) is 0 Å². The van der Waals surface area contributed by atoms with E-state index < -0.39 is 95.8 Å². The van der Waals surface area contributed by atoms with E-state index in [-0.39, 0.29) is 37.3 Å². The number of aliphatic hydroxyl groups excluding tert-OH is 3. The first kappa shape index (κ1) is 42.4. The van der Waals surface area contributed by atoms with E-state index in [9.17, 15) is 30.3 Å². The van der Waals surface area contributed by atoms with Crippen LogP contribution in [0.4, 0.5) is 0 Å². The van der Waals surface area contributed by atoms with E-state index in [2.05, 4.69) is 5.32 Å². The van der Waals surface area contributed by atoms with Gasteiger partial charge in [0.1, 0.15) is 23.9 Å². The number of hydrogen-bond donors (Lipinski definition) is 6. The molecule has 0 radical (unpaired) electrons. The topological polar surface area (TPSA) is 186 Å². The van der Waals surface area contributed by atoms with E-state index in [0.29, 0.717) is 12.8 Å². The summed E-state index contributed by atoms with van der Waals surface area (Å²) in [7, 11) is 3.26. The number of rotatable bonds is 7. The Kier molecular flexibility index (Phi) is 14.5. The highest BCUT2D eigenvalue weighted by Crippen LogP contribution is 2.41. The SMILES string of the molecule is CC[C@H]1OC(=O)[C@H](C)[C@@H](O[C@H]2CC(C)(OC)[C@@H](O)[C@H](C)O2)[C@H](C)[C@@H](O[C@@H]2O[C@H](C)C[C@H](NC)[C@H]2O)C(C)(O)C[C@@H](C)C[C@H](C)[C@@H](O)[C@]1(C)O. The number of methoxy groups -OCH3 is 1. The number of aliphatic hydroxyl groups is 5. The lowest BCUT2D eigenvalue weighted by atomic mass is 9.74. The summed E-state index contributed by atoms with van der Waals surface area (Å²) in [6.45, 7) is 17.5. The molecule has 0 bridgehead atoms. The summed E-state index contributed by atoms with van der Waals surface area (Å²) in [5.74, 6) is -2.94. The van der Waals surface area contributed by atoms with E-state index >= 15 is 0 Å². The zero-order chi connectivity index (χ0) is 37.2. The molecule has 3 heterocycles. The molecule has 13 heteroatoms. The van der Waals surface area contributed by atoms with Gasteiger partial charge in [-0.05, 0) is 86.1 Å². The van der Waals surface area contributed by atoms with Crippen molar-refractivity contribution in [1.29, 1.82) is 0 Å². The second-order valence-corrected chi connectivity index (χ2v) is 16.1. The number of cyclic esters (lactones) is 1. The number of esters is 1. The first-order chi connectivity index (χ1) is 22.6. The molecule has 0 spiro atoms. The Hall–Kier alpha value is -0.970. The predicted molar refractivity (Wildman–Crippen MR) is 181 cm³/mol. The maximum Gasteiger partial charge on any atom is 0.311 e. The molecule has 3 rings (SSSR count). The Morgan fingerprint density at radius 2 is 1.55 bits per heavy atom. The fourth-order valence-corrected chi connectivity index (χ4v) is 8.51. The van der Waals surface area contributed by atoms with E-state index in [1.54, 1.807) is 41.7 Å². The van der Waals surface area contributed by atoms with Gasteiger partial charge in [0.15, 0.2) is 12.6 Å². The molecule has 49 heavy (non-hydrogen) atoms. The van der Waals surface area contributed by atoms with Gasteiger partial charge in [0.25, 0.3) is 0 Å². The molecule has 0 saturated carbocycles. The Morgan fingerprint density at radius 1 is 0.918 bits per heavy atom. The number of carbonyl (C=O) groups excluding carboxylic acids is 1. The minimum absolute atomic E-state index is 0.140. The zero-order valence-corrected chi connectivity index (χ0v) is 31.8. The molecule has 0 aromatic carbocycles. The molecule has 13 nitrogen and oxygen atoms in total. The maximum absolute atomic E-state index is 14.0. The van der Waals surface area contributed by atoms with Gasteiger partial charge in [-0.3, -0.25) is 4.79 Å². The van der Waals surface area contributed by atoms with Crippen LogP contribution in [0.3, 0.4) is 0 Å². The van der Waals surface area contributed by atoms with Crippen molar-refractivity contribution in [2.45, 2.75) is 186 Å². The quantitative estimate of drug-likeness (QED) is 0.212. The summed E-state index contributed by atoms with van der Waals surface area (Å²) in [5, 5.41) is 60.6. The van der Waals surface area contributed by atoms with E-state index in [0.717, 1.165) is 0 Å². The van der Waals surface area contributed by atoms with Gasteiger partial charge in [0, 0.05) is 25.5 Å². The van der Waals surface area contributed by atoms with Gasteiger partial charge in [0.2, 0.25) is 0 Å². The van der Waals surface area contributed by atoms with Crippen molar-refractivity contribution in [3.05, 3.63) is 0 Å². The molecule has 0 aromatic heterocycles. The molecule has 18 atom stereocenters. The van der Waals surface area contributed by atoms with Crippen molar-refractivity contribution in [2.75, 3.05) is 14.2 Å². The fourth-order valence-electron chi connectivity index (χ4n) is 8.51. The number of hydrogen-bond acceptors (Lipinski definition) is 13. The van der Waals surface area contributed by atoms with Crippen LogP contribution >= 0.6 is 0 Å². The van der Waals surface area contributed by atoms with Gasteiger partial charge >= 0.3 is 5.97 Å². The summed E-state index contributed by atoms with van der Waals surface area (Å²) in [6.07, 6.45) is -7.58. The van der Waals surface area contributed by atoms with Crippen LogP contribution in [0, 0.1) is 23.7 Å². The predicted octanol–water partition coefficient (Wildman–Crippen LogP) is 2.26. The van der Waals surface area contributed by atoms with Crippen LogP contribution in [0.5, 0.6) is 0 Å². The third kappa shape index (κ3) is 9.53. The second-order valence-electron chi connectivity index (χ2n) is 16.1. The molecule has 2 unspecified atom stereocenters. The number of nitrogens with one attached hydrogen (secondary N) is 1. The van der Waals surface area contributed by atoms with E-state index in [1.807, 2.05) is 27.7 Å². The average molecular weight is 706 g/mol. The molecule has 0 aromatic rings. The summed E-state index contributed by atoms with van der Waals surface area (Å²) >= 11 is 0. The van der Waals surface area contributed by atoms with Crippen molar-refractivity contribution < 1.29 is 58.7 Å². The molecule has 3 saturated heterocycles. The second kappa shape index (κ2) is 16.8. The Balaban J connectivity index is 2.14. The van der Waals surface area contributed by atoms with Gasteiger partial charge in [-0.15, -0.1) is 0 Å². The van der Waals surface area contributed by atoms with Crippen LogP contribution in [-0.2, 0) is 33.2 Å². The largest absolute Gasteiger partial charge is 0.459 e. The third-order valence-corrected chi connectivity index (χ3v) is 11.5. The molecule has 3 fully saturated rings. The summed E-state index contributed by atoms with van der Waals surface area (Å²) in [4.78, 5) is 14.0. The lowest BCUT2D eigenvalue weighted by Gasteiger charge is -2.49. The average Bonchev–Trinajstić information content (AvgIpc) is 3.02. The highest BCUT2D eigenvalue weighted by Gasteiger charge is 2.52. The van der Waals surface area contributed by atoms with Crippen LogP contribution in [0.15, 0.2) is 0 Å². The number of likely N-dealkylation sites (N-methyl/N-ethyl adjacent to an activating group) is 1. The van der Waals surface area contributed by atoms with Crippen molar-refractivity contribution in [3.63, 3.8) is 0 Å². The lowest BCUT2D eigenvalue weighted by molar-refractivity contribution is -0.316. The molecular formula is C36H67NO12. The standard InChI is InChI=1S/C36H67NO12/c1-13-25-36(10,43)29(39)19(3)14-18(2)16-34(8,42)31(49-33-27(38)24(37-11)15-20(4)45-33)21(5)28(22(6)32(41)47-25)48-26-17-35(9,44-12)30(40)23(7)46-26/h18-31,33,37-40,42-43H,13-17H2,1-12H3/t18-,19-,20+,21-,22+,23-,24-,25+,26-,27+,28-,29+,30-,31+,33-,34?,35?,36+/m0/s1. The highest BCUT2D eigenvalue weighted by molar-refractivity contribution is 5.73. The summed E-state index contributed by atoms with van der Waals surface area (Å²) in [6, 6.07) is -0.316. The monoisotopic (exact) mass is 705 g/mol. The Morgan fingerprint density at radius 3 is 2.12 bits per heavy atom. The fraction of sp³-hybridized carbons (Fsp3) is 0.972. The summed E-state index contributed by atoms with van der Waals surface area (Å²) in [5.41, 5.74) is -4.31. The Bertz CT molecular complexity index is 1060. The van der Waals surface area contributed by atoms with E-state index in [4.69, 9.17) is 28.4 Å². The van der Waals surface area contributed by atoms with Crippen molar-refractivity contribution >= 4 is 5.97 Å². The van der Waals surface area contributed by atoms with Gasteiger partial charge < -0.3 is 59.3 Å². The minimum atomic E-state index is -1.75. The van der Waals surface area contributed by atoms with Crippen LogP contribution < -0.4 is 5.32 Å². The molecule has 6 N–H and O–H groups in total. The lowest BCUT2D eigenvalue weighted by Crippen LogP contribution is -2.60. The zero-order valence-electron chi connectivity index (χ0n) is 31.8. The maximum atomic E-state index is 14.0. The van der Waals surface area contributed by atoms with Gasteiger partial charge in [-0.2, -0.15) is 0 Å². The molecule has 0 amide bonds. The first-order valence-corrected chi connectivity index (χ1v) is 18.2. The van der Waals surface area contributed by atoms with Crippen molar-refractivity contribution in [3.8, 4) is 0 Å². The number of carbonyl (C=O) groups is 1. The smallest absolute Gasteiger partial charge is 0.311 e. The minimum Gasteiger partial charge on any atom is -0.459 e. The first-order valence-electron chi connectivity index (χ1n) is 18.2. The molecule has 0 aliphatic carbocycles. The van der Waals surface area contributed by atoms with Crippen molar-refractivity contribution in [1.82, 2.24) is 5.32 Å². The summed E-state index contributed by atoms with van der Waals surface area (Å²) < 4.78 is 37.2. The molecular weight excluding hydrogens is 638 g/mol. The number of ether oxygens (including phenoxy) is 6. The highest BCUT2D eigenvalue weighted by atomic mass is 16.7. The van der Waals surface area contributed by atoms with Crippen LogP contribution in [-0.4, -0.2) is 130 Å².